The van der Waals surface area contributed by atoms with Gasteiger partial charge in [-0.1, -0.05) is 0 Å². The molecule has 0 aromatic carbocycles. The van der Waals surface area contributed by atoms with Gasteiger partial charge in [-0.25, -0.2) is 0 Å². The predicted molar refractivity (Wildman–Crippen MR) is 49.3 cm³/mol. The third-order valence-corrected chi connectivity index (χ3v) is 2.57. The van der Waals surface area contributed by atoms with Gasteiger partial charge in [-0.2, -0.15) is 0 Å². The largest absolute Gasteiger partial charge is 0.377 e. The molecule has 0 bridgehead atoms. The predicted octanol–water partition coefficient (Wildman–Crippen LogP) is 0.956. The molecule has 2 fully saturated rings. The molecule has 2 aliphatic heterocycles. The highest BCUT2D eigenvalue weighted by Crippen LogP contribution is 2.13. The molecule has 3 nitrogen and oxygen atoms in total. The number of ether oxygens (including phenoxy) is 1. The summed E-state index contributed by atoms with van der Waals surface area (Å²) in [6.07, 6.45) is 5.05. The summed E-state index contributed by atoms with van der Waals surface area (Å²) in [6.45, 7) is 3.29. The van der Waals surface area contributed by atoms with E-state index >= 15 is 0 Å². The number of rotatable bonds is 1. The van der Waals surface area contributed by atoms with Gasteiger partial charge in [0.05, 0.1) is 13.2 Å². The van der Waals surface area contributed by atoms with Gasteiger partial charge < -0.3 is 9.64 Å². The van der Waals surface area contributed by atoms with Gasteiger partial charge in [0.25, 0.3) is 0 Å². The number of hydrogen-bond acceptors (Lipinski definition) is 3. The SMILES string of the molecule is O=C1CCOC/C1=C\N1CCCC1. The van der Waals surface area contributed by atoms with Gasteiger partial charge in [0.2, 0.25) is 0 Å². The molecular weight excluding hydrogens is 166 g/mol. The van der Waals surface area contributed by atoms with E-state index in [1.165, 1.54) is 12.8 Å². The highest BCUT2D eigenvalue weighted by atomic mass is 16.5. The Bertz CT molecular complexity index is 229. The minimum atomic E-state index is 0.262. The Morgan fingerprint density at radius 2 is 2.08 bits per heavy atom. The average molecular weight is 181 g/mol. The smallest absolute Gasteiger partial charge is 0.164 e. The zero-order valence-corrected chi connectivity index (χ0v) is 7.79. The summed E-state index contributed by atoms with van der Waals surface area (Å²) < 4.78 is 5.25. The lowest BCUT2D eigenvalue weighted by Gasteiger charge is -2.18. The molecule has 0 amide bonds. The first-order valence-corrected chi connectivity index (χ1v) is 4.92. The molecular formula is C10H15NO2. The van der Waals surface area contributed by atoms with Crippen molar-refractivity contribution in [2.45, 2.75) is 19.3 Å². The molecule has 2 saturated heterocycles. The molecule has 0 spiro atoms. The number of nitrogens with zero attached hydrogens (tertiary/aromatic N) is 1. The summed E-state index contributed by atoms with van der Waals surface area (Å²) >= 11 is 0. The Hall–Kier alpha value is -0.830. The van der Waals surface area contributed by atoms with Gasteiger partial charge in [0, 0.05) is 31.3 Å². The third kappa shape index (κ3) is 2.10. The molecule has 0 unspecified atom stereocenters. The lowest BCUT2D eigenvalue weighted by molar-refractivity contribution is -0.119. The maximum absolute atomic E-state index is 11.4. The summed E-state index contributed by atoms with van der Waals surface area (Å²) in [7, 11) is 0. The van der Waals surface area contributed by atoms with Gasteiger partial charge >= 0.3 is 0 Å². The van der Waals surface area contributed by atoms with Crippen molar-refractivity contribution >= 4 is 5.78 Å². The van der Waals surface area contributed by atoms with Crippen molar-refractivity contribution in [1.29, 1.82) is 0 Å². The summed E-state index contributed by atoms with van der Waals surface area (Å²) in [5.74, 6) is 0.262. The van der Waals surface area contributed by atoms with Crippen molar-refractivity contribution in [2.24, 2.45) is 0 Å². The molecule has 0 aromatic heterocycles. The Morgan fingerprint density at radius 3 is 2.77 bits per heavy atom. The van der Waals surface area contributed by atoms with Crippen LogP contribution in [0.5, 0.6) is 0 Å². The van der Waals surface area contributed by atoms with Crippen molar-refractivity contribution in [2.75, 3.05) is 26.3 Å². The molecule has 0 aliphatic carbocycles. The fraction of sp³-hybridized carbons (Fsp3) is 0.700. The number of carbonyl (C=O) groups excluding carboxylic acids is 1. The van der Waals surface area contributed by atoms with Crippen LogP contribution in [0.25, 0.3) is 0 Å². The Morgan fingerprint density at radius 1 is 1.31 bits per heavy atom. The normalized spacial score (nSPS) is 27.2. The second-order valence-corrected chi connectivity index (χ2v) is 3.62. The maximum atomic E-state index is 11.4. The second kappa shape index (κ2) is 3.92. The number of carbonyl (C=O) groups is 1. The lowest BCUT2D eigenvalue weighted by Crippen LogP contribution is -2.22. The van der Waals surface area contributed by atoms with Crippen LogP contribution in [-0.4, -0.2) is 37.0 Å². The van der Waals surface area contributed by atoms with Crippen molar-refractivity contribution in [3.8, 4) is 0 Å². The van der Waals surface area contributed by atoms with Gasteiger partial charge in [-0.3, -0.25) is 4.79 Å². The molecule has 0 atom stereocenters. The van der Waals surface area contributed by atoms with Crippen LogP contribution in [0.3, 0.4) is 0 Å². The van der Waals surface area contributed by atoms with Crippen LogP contribution in [0, 0.1) is 0 Å². The number of ketones is 1. The van der Waals surface area contributed by atoms with E-state index in [4.69, 9.17) is 4.74 Å². The van der Waals surface area contributed by atoms with E-state index in [2.05, 4.69) is 4.90 Å². The highest BCUT2D eigenvalue weighted by molar-refractivity contribution is 5.96. The quantitative estimate of drug-likeness (QED) is 0.564. The van der Waals surface area contributed by atoms with Crippen LogP contribution in [0.2, 0.25) is 0 Å². The molecule has 0 aromatic rings. The summed E-state index contributed by atoms with van der Waals surface area (Å²) in [5, 5.41) is 0. The molecule has 2 rings (SSSR count). The van der Waals surface area contributed by atoms with Gasteiger partial charge in [0.1, 0.15) is 0 Å². The van der Waals surface area contributed by atoms with Crippen LogP contribution in [0.4, 0.5) is 0 Å². The Balaban J connectivity index is 1.99. The fourth-order valence-electron chi connectivity index (χ4n) is 1.79. The van der Waals surface area contributed by atoms with Crippen molar-refractivity contribution < 1.29 is 9.53 Å². The van der Waals surface area contributed by atoms with E-state index < -0.39 is 0 Å². The van der Waals surface area contributed by atoms with Crippen LogP contribution in [-0.2, 0) is 9.53 Å². The number of hydrogen-bond donors (Lipinski definition) is 0. The van der Waals surface area contributed by atoms with E-state index in [9.17, 15) is 4.79 Å². The van der Waals surface area contributed by atoms with Crippen molar-refractivity contribution in [3.63, 3.8) is 0 Å². The highest BCUT2D eigenvalue weighted by Gasteiger charge is 2.17. The van der Waals surface area contributed by atoms with Gasteiger partial charge in [-0.05, 0) is 12.8 Å². The minimum absolute atomic E-state index is 0.262. The van der Waals surface area contributed by atoms with Crippen molar-refractivity contribution in [3.05, 3.63) is 11.8 Å². The monoisotopic (exact) mass is 181 g/mol. The van der Waals surface area contributed by atoms with Crippen LogP contribution in [0.15, 0.2) is 11.8 Å². The standard InChI is InChI=1S/C10H15NO2/c12-10-3-6-13-8-9(10)7-11-4-1-2-5-11/h7H,1-6,8H2/b9-7+. The minimum Gasteiger partial charge on any atom is -0.377 e. The van der Waals surface area contributed by atoms with Crippen LogP contribution >= 0.6 is 0 Å². The summed E-state index contributed by atoms with van der Waals surface area (Å²) in [6, 6.07) is 0. The number of likely N-dealkylation sites (tertiary alicyclic amines) is 1. The Kier molecular flexibility index (Phi) is 2.64. The first-order chi connectivity index (χ1) is 6.36. The fourth-order valence-corrected chi connectivity index (χ4v) is 1.79. The second-order valence-electron chi connectivity index (χ2n) is 3.62. The first-order valence-electron chi connectivity index (χ1n) is 4.92. The van der Waals surface area contributed by atoms with E-state index in [0.717, 1.165) is 18.7 Å². The van der Waals surface area contributed by atoms with Crippen LogP contribution < -0.4 is 0 Å². The first kappa shape index (κ1) is 8.75. The lowest BCUT2D eigenvalue weighted by atomic mass is 10.1. The summed E-state index contributed by atoms with van der Waals surface area (Å²) in [5.41, 5.74) is 0.855. The van der Waals surface area contributed by atoms with E-state index in [0.29, 0.717) is 19.6 Å². The molecule has 3 heteroatoms. The van der Waals surface area contributed by atoms with Crippen molar-refractivity contribution in [1.82, 2.24) is 4.90 Å². The molecule has 0 saturated carbocycles. The maximum Gasteiger partial charge on any atom is 0.164 e. The molecule has 72 valence electrons. The van der Waals surface area contributed by atoms with E-state index in [1.807, 2.05) is 6.20 Å². The van der Waals surface area contributed by atoms with Crippen LogP contribution in [0.1, 0.15) is 19.3 Å². The van der Waals surface area contributed by atoms with E-state index in [1.54, 1.807) is 0 Å². The van der Waals surface area contributed by atoms with Gasteiger partial charge in [-0.15, -0.1) is 0 Å². The summed E-state index contributed by atoms with van der Waals surface area (Å²) in [4.78, 5) is 13.6. The molecule has 0 N–H and O–H groups in total. The number of Topliss-reactive ketones (excluding diaryl/α,β-unsaturated/α-hetero) is 1. The third-order valence-electron chi connectivity index (χ3n) is 2.57. The molecule has 0 radical (unpaired) electrons. The molecule has 2 heterocycles. The zero-order valence-electron chi connectivity index (χ0n) is 7.79. The topological polar surface area (TPSA) is 29.5 Å². The van der Waals surface area contributed by atoms with Gasteiger partial charge in [0.15, 0.2) is 5.78 Å². The molecule has 13 heavy (non-hydrogen) atoms. The Labute approximate surface area is 78.4 Å². The average Bonchev–Trinajstić information content (AvgIpc) is 2.61. The van der Waals surface area contributed by atoms with E-state index in [-0.39, 0.29) is 5.78 Å². The zero-order chi connectivity index (χ0) is 9.10. The molecule has 2 aliphatic rings.